The molecule has 20 heteroatoms. The molecule has 20 nitrogen and oxygen atoms in total. The number of hydrazone groups is 1. The molecular formula is C56H77N5O15. The number of phenols is 3. The third kappa shape index (κ3) is 13.9. The van der Waals surface area contributed by atoms with Gasteiger partial charge in [0.2, 0.25) is 5.91 Å². The third-order valence-corrected chi connectivity index (χ3v) is 14.5. The third-order valence-electron chi connectivity index (χ3n) is 14.5. The molecule has 0 saturated carbocycles. The molecule has 5 bridgehead atoms. The van der Waals surface area contributed by atoms with Crippen molar-refractivity contribution in [3.63, 3.8) is 0 Å². The standard InChI is InChI=1S/C43H58N4O12.C13H19NO3/c1-21-12-11-13-22(2)42(55)45-33-28(20-44-47-17-15-46(9)16-18-47)37(52)30-31(38(33)53)36(51)26(6)40-32(30)41(54)43(8,59-40)57-19-14-29(56-10)23(3)39(58-27(7)48)25(5)35(50)24(4)34(21)49;1-2-3-4-5-6-7-8-10(15)11-9-12(17-11)13(14)16/h11-14,19-21,23-25,29,34-35,39,49-53H,15-18H2,1-10H3,(H,45,55);2-3,5-6,11-12H,4,7-9H2,1H3,(H2,14,16)/b12-11+,19-14+,22-13-,44-20-;3-2+,6-5+/t21-,23+,24+,25+,29-,34-,35+,39+,43-;/m0./s1. The van der Waals surface area contributed by atoms with Gasteiger partial charge in [-0.15, -0.1) is 0 Å². The molecule has 0 spiro atoms. The van der Waals surface area contributed by atoms with E-state index in [9.17, 15) is 49.5 Å². The highest BCUT2D eigenvalue weighted by Gasteiger charge is 2.50. The van der Waals surface area contributed by atoms with Gasteiger partial charge in [-0.05, 0) is 46.7 Å². The molecule has 0 radical (unpaired) electrons. The molecule has 5 aliphatic rings. The van der Waals surface area contributed by atoms with Gasteiger partial charge in [-0.25, -0.2) is 0 Å². The number of phenolic OH excluding ortho intramolecular Hbond substituents is 3. The average Bonchev–Trinajstić information content (AvgIpc) is 3.63. The Morgan fingerprint density at radius 2 is 1.59 bits per heavy atom. The minimum atomic E-state index is -2.04. The van der Waals surface area contributed by atoms with Crippen LogP contribution in [0, 0.1) is 30.6 Å². The summed E-state index contributed by atoms with van der Waals surface area (Å²) in [6.07, 6.45) is 14.4. The van der Waals surface area contributed by atoms with E-state index >= 15 is 0 Å². The maximum Gasteiger partial charge on any atom is 0.312 e. The van der Waals surface area contributed by atoms with Crippen molar-refractivity contribution in [3.05, 3.63) is 77.1 Å². The summed E-state index contributed by atoms with van der Waals surface area (Å²) in [5, 5.41) is 66.8. The summed E-state index contributed by atoms with van der Waals surface area (Å²) in [6, 6.07) is 0. The number of nitrogens with one attached hydrogen (secondary N) is 1. The minimum Gasteiger partial charge on any atom is -0.507 e. The first-order valence-electron chi connectivity index (χ1n) is 25.7. The van der Waals surface area contributed by atoms with Crippen molar-refractivity contribution < 1.29 is 73.2 Å². The first-order valence-corrected chi connectivity index (χ1v) is 25.7. The number of hydrogen-bond donors (Lipinski definition) is 7. The number of ether oxygens (including phenoxy) is 5. The van der Waals surface area contributed by atoms with Crippen LogP contribution in [0.3, 0.4) is 0 Å². The van der Waals surface area contributed by atoms with Crippen LogP contribution >= 0.6 is 0 Å². The van der Waals surface area contributed by atoms with Gasteiger partial charge in [0.05, 0.1) is 53.0 Å². The van der Waals surface area contributed by atoms with Crippen LogP contribution < -0.4 is 15.8 Å². The lowest BCUT2D eigenvalue weighted by Crippen LogP contribution is -2.49. The largest absolute Gasteiger partial charge is 0.507 e. The number of carbonyl (C=O) groups excluding carboxylic acids is 5. The van der Waals surface area contributed by atoms with E-state index in [-0.39, 0.29) is 50.3 Å². The molecule has 416 valence electrons. The summed E-state index contributed by atoms with van der Waals surface area (Å²) < 4.78 is 28.7. The van der Waals surface area contributed by atoms with Gasteiger partial charge in [-0.2, -0.15) is 5.10 Å². The number of piperazine rings is 1. The number of ketones is 2. The fourth-order valence-corrected chi connectivity index (χ4v) is 9.51. The second-order valence-electron chi connectivity index (χ2n) is 20.2. The number of rotatable bonds is 11. The van der Waals surface area contributed by atoms with E-state index < -0.39 is 107 Å². The Morgan fingerprint density at radius 1 is 0.921 bits per heavy atom. The highest BCUT2D eigenvalue weighted by atomic mass is 16.7. The number of Topliss-reactive ketones (excluding diaryl/α,β-unsaturated/α-hetero) is 2. The van der Waals surface area contributed by atoms with Crippen LogP contribution in [0.15, 0.2) is 65.5 Å². The number of nitrogens with zero attached hydrogens (tertiary/aromatic N) is 3. The van der Waals surface area contributed by atoms with Crippen molar-refractivity contribution in [1.29, 1.82) is 0 Å². The lowest BCUT2D eigenvalue weighted by Gasteiger charge is -2.38. The molecule has 5 aliphatic heterocycles. The lowest BCUT2D eigenvalue weighted by molar-refractivity contribution is -0.169. The summed E-state index contributed by atoms with van der Waals surface area (Å²) in [6.45, 7) is 17.1. The van der Waals surface area contributed by atoms with E-state index in [2.05, 4.69) is 15.3 Å². The molecule has 0 aromatic heterocycles. The number of benzene rings is 2. The van der Waals surface area contributed by atoms with Crippen LogP contribution in [0.2, 0.25) is 0 Å². The van der Waals surface area contributed by atoms with Crippen molar-refractivity contribution in [2.45, 2.75) is 130 Å². The second-order valence-corrected chi connectivity index (χ2v) is 20.2. The predicted molar refractivity (Wildman–Crippen MR) is 286 cm³/mol. The summed E-state index contributed by atoms with van der Waals surface area (Å²) >= 11 is 0. The van der Waals surface area contributed by atoms with Gasteiger partial charge in [0.15, 0.2) is 11.5 Å². The number of fused-ring (bicyclic) bond motifs is 14. The number of aromatic hydroxyl groups is 3. The molecule has 2 fully saturated rings. The summed E-state index contributed by atoms with van der Waals surface area (Å²) in [7, 11) is 3.42. The number of hydrogen-bond acceptors (Lipinski definition) is 18. The first-order chi connectivity index (χ1) is 35.9. The zero-order valence-electron chi connectivity index (χ0n) is 45.4. The Hall–Kier alpha value is -6.58. The fourth-order valence-electron chi connectivity index (χ4n) is 9.51. The predicted octanol–water partition coefficient (Wildman–Crippen LogP) is 5.84. The highest BCUT2D eigenvalue weighted by Crippen LogP contribution is 2.55. The molecule has 2 aromatic rings. The summed E-state index contributed by atoms with van der Waals surface area (Å²) in [5.41, 5.74) is 4.69. The van der Waals surface area contributed by atoms with E-state index in [4.69, 9.17) is 29.4 Å². The number of esters is 1. The van der Waals surface area contributed by atoms with Gasteiger partial charge < -0.3 is 65.2 Å². The molecule has 7 rings (SSSR count). The molecule has 8 N–H and O–H groups in total. The fraction of sp³-hybridized carbons (Fsp3) is 0.536. The van der Waals surface area contributed by atoms with Crippen molar-refractivity contribution in [2.24, 2.45) is 34.5 Å². The summed E-state index contributed by atoms with van der Waals surface area (Å²) in [4.78, 5) is 64.9. The molecule has 2 saturated heterocycles. The van der Waals surface area contributed by atoms with Crippen molar-refractivity contribution in [1.82, 2.24) is 9.91 Å². The molecule has 0 aliphatic carbocycles. The van der Waals surface area contributed by atoms with E-state index in [0.29, 0.717) is 25.9 Å². The highest BCUT2D eigenvalue weighted by molar-refractivity contribution is 6.24. The molecule has 5 heterocycles. The number of nitrogens with two attached hydrogens (primary N) is 1. The maximum atomic E-state index is 14.4. The van der Waals surface area contributed by atoms with Crippen LogP contribution in [0.25, 0.3) is 10.8 Å². The van der Waals surface area contributed by atoms with E-state index in [0.717, 1.165) is 25.9 Å². The van der Waals surface area contributed by atoms with Crippen molar-refractivity contribution >= 4 is 52.0 Å². The van der Waals surface area contributed by atoms with Gasteiger partial charge >= 0.3 is 11.8 Å². The first kappa shape index (κ1) is 60.3. The van der Waals surface area contributed by atoms with Gasteiger partial charge in [0.25, 0.3) is 11.7 Å². The molecule has 2 aromatic carbocycles. The topological polar surface area (TPSA) is 290 Å². The zero-order chi connectivity index (χ0) is 56.3. The quantitative estimate of drug-likeness (QED) is 0.0458. The molecule has 11 atom stereocenters. The lowest BCUT2D eigenvalue weighted by atomic mass is 9.78. The van der Waals surface area contributed by atoms with E-state index in [1.165, 1.54) is 59.4 Å². The Labute approximate surface area is 444 Å². The number of amides is 2. The Morgan fingerprint density at radius 3 is 2.21 bits per heavy atom. The Kier molecular flexibility index (Phi) is 21.0. The van der Waals surface area contributed by atoms with Crippen LogP contribution in [0.5, 0.6) is 23.0 Å². The van der Waals surface area contributed by atoms with Gasteiger partial charge in [0, 0.05) is 100 Å². The molecule has 2 amide bonds. The number of anilines is 1. The number of methoxy groups -OCH3 is 1. The van der Waals surface area contributed by atoms with E-state index in [1.807, 2.05) is 38.3 Å². The number of likely N-dealkylation sites (N-methyl/N-ethyl adjacent to an activating group) is 1. The Bertz CT molecular complexity index is 2650. The number of allylic oxidation sites excluding steroid dienone is 6. The summed E-state index contributed by atoms with van der Waals surface area (Å²) in [5.74, 6) is -8.77. The maximum absolute atomic E-state index is 14.4. The van der Waals surface area contributed by atoms with Crippen LogP contribution in [0.1, 0.15) is 103 Å². The SMILES string of the molecule is C/C=C/C/C=C/CCC(=O)C1CC(C(N)=O)O1.CO[C@H]1/C=C/O[C@@]2(C)Oc3c(C)c(O)c4c(O)c(c(/C=N\N5CCN(C)CC5)c(O)c4c3C2=O)NC(=O)/C(C)=C\C=C\[C@H](C)[C@H](O)[C@@H](C)[C@@H](O)[C@@H](C)[C@H](OC(C)=O)[C@@H]1C. The van der Waals surface area contributed by atoms with Gasteiger partial charge in [-0.1, -0.05) is 70.2 Å². The number of aliphatic hydroxyl groups excluding tert-OH is 2. The number of carbonyl (C=O) groups is 5. The zero-order valence-corrected chi connectivity index (χ0v) is 45.4. The second kappa shape index (κ2) is 26.5. The number of aliphatic hydroxyl groups is 2. The average molecular weight is 1060 g/mol. The van der Waals surface area contributed by atoms with Crippen LogP contribution in [-0.2, 0) is 38.1 Å². The van der Waals surface area contributed by atoms with Crippen molar-refractivity contribution in [3.8, 4) is 23.0 Å². The van der Waals surface area contributed by atoms with E-state index in [1.54, 1.807) is 44.9 Å². The molecular weight excluding hydrogens is 983 g/mol. The van der Waals surface area contributed by atoms with Crippen LogP contribution in [-0.4, -0.2) is 154 Å². The number of primary amides is 1. The van der Waals surface area contributed by atoms with Crippen LogP contribution in [0.4, 0.5) is 5.69 Å². The Balaban J connectivity index is 0.000000533. The molecule has 2 unspecified atom stereocenters. The van der Waals surface area contributed by atoms with Crippen molar-refractivity contribution in [2.75, 3.05) is 45.7 Å². The molecule has 76 heavy (non-hydrogen) atoms. The minimum absolute atomic E-state index is 0.0539. The monoisotopic (exact) mass is 1060 g/mol. The normalized spacial score (nSPS) is 30.3. The van der Waals surface area contributed by atoms with Gasteiger partial charge in [0.1, 0.15) is 35.6 Å². The van der Waals surface area contributed by atoms with Gasteiger partial charge in [-0.3, -0.25) is 29.0 Å². The smallest absolute Gasteiger partial charge is 0.312 e.